The molecular formula is C17H17BrFN3O3. The highest BCUT2D eigenvalue weighted by atomic mass is 79.9. The van der Waals surface area contributed by atoms with Crippen molar-refractivity contribution in [3.8, 4) is 0 Å². The number of hydrogen-bond acceptors (Lipinski definition) is 4. The molecule has 6 nitrogen and oxygen atoms in total. The minimum absolute atomic E-state index is 0.176. The van der Waals surface area contributed by atoms with Crippen LogP contribution in [0.15, 0.2) is 33.5 Å². The van der Waals surface area contributed by atoms with E-state index in [-0.39, 0.29) is 16.9 Å². The fourth-order valence-electron chi connectivity index (χ4n) is 3.00. The van der Waals surface area contributed by atoms with Crippen LogP contribution in [0.5, 0.6) is 0 Å². The summed E-state index contributed by atoms with van der Waals surface area (Å²) in [5, 5.41) is 2.87. The van der Waals surface area contributed by atoms with Gasteiger partial charge in [0.1, 0.15) is 5.82 Å². The second-order valence-electron chi connectivity index (χ2n) is 5.71. The molecule has 2 N–H and O–H groups in total. The normalized spacial score (nSPS) is 13.2. The summed E-state index contributed by atoms with van der Waals surface area (Å²) in [5.41, 5.74) is 3.43. The Morgan fingerprint density at radius 3 is 2.80 bits per heavy atom. The van der Waals surface area contributed by atoms with Crippen molar-refractivity contribution in [3.63, 3.8) is 0 Å². The van der Waals surface area contributed by atoms with Crippen molar-refractivity contribution in [1.82, 2.24) is 10.0 Å². The van der Waals surface area contributed by atoms with Gasteiger partial charge in [-0.15, -0.1) is 0 Å². The molecule has 1 aromatic heterocycles. The van der Waals surface area contributed by atoms with Crippen LogP contribution in [0.3, 0.4) is 0 Å². The summed E-state index contributed by atoms with van der Waals surface area (Å²) >= 11 is 3.20. The molecule has 2 heterocycles. The molecule has 1 aromatic carbocycles. The summed E-state index contributed by atoms with van der Waals surface area (Å²) in [4.78, 5) is 29.6. The molecule has 0 unspecified atom stereocenters. The first-order chi connectivity index (χ1) is 12.0. The average molecular weight is 410 g/mol. The third kappa shape index (κ3) is 3.59. The van der Waals surface area contributed by atoms with Crippen molar-refractivity contribution in [2.75, 3.05) is 12.4 Å². The molecule has 0 atom stereocenters. The summed E-state index contributed by atoms with van der Waals surface area (Å²) in [6.07, 6.45) is 2.36. The van der Waals surface area contributed by atoms with Gasteiger partial charge >= 0.3 is 0 Å². The molecule has 3 rings (SSSR count). The molecule has 0 spiro atoms. The molecule has 0 saturated heterocycles. The molecule has 0 radical (unpaired) electrons. The predicted molar refractivity (Wildman–Crippen MR) is 95.5 cm³/mol. The van der Waals surface area contributed by atoms with Crippen LogP contribution in [0.2, 0.25) is 0 Å². The number of nitrogens with one attached hydrogen (secondary N) is 2. The SMILES string of the molecule is CONC(=O)c1c(Nc2ccc(Br)cc2F)cc(=O)n2c1CCCC2. The Kier molecular flexibility index (Phi) is 5.19. The maximum Gasteiger partial charge on any atom is 0.278 e. The molecule has 1 aliphatic rings. The number of rotatable bonds is 4. The molecule has 25 heavy (non-hydrogen) atoms. The van der Waals surface area contributed by atoms with Crippen molar-refractivity contribution in [1.29, 1.82) is 0 Å². The number of pyridine rings is 1. The van der Waals surface area contributed by atoms with E-state index in [9.17, 15) is 14.0 Å². The van der Waals surface area contributed by atoms with Gasteiger partial charge in [-0.25, -0.2) is 9.87 Å². The Morgan fingerprint density at radius 1 is 1.28 bits per heavy atom. The monoisotopic (exact) mass is 409 g/mol. The summed E-state index contributed by atoms with van der Waals surface area (Å²) < 4.78 is 16.3. The van der Waals surface area contributed by atoms with Crippen LogP contribution in [0.25, 0.3) is 0 Å². The molecular weight excluding hydrogens is 393 g/mol. The zero-order chi connectivity index (χ0) is 18.0. The van der Waals surface area contributed by atoms with E-state index in [1.165, 1.54) is 25.3 Å². The van der Waals surface area contributed by atoms with Crippen LogP contribution >= 0.6 is 15.9 Å². The van der Waals surface area contributed by atoms with E-state index in [1.807, 2.05) is 0 Å². The summed E-state index contributed by atoms with van der Waals surface area (Å²) in [5.74, 6) is -0.974. The number of benzene rings is 1. The first-order valence-electron chi connectivity index (χ1n) is 7.83. The standard InChI is InChI=1S/C17H17BrFN3O3/c1-25-21-17(24)16-13(20-12-6-5-10(18)8-11(12)19)9-15(23)22-7-3-2-4-14(16)22/h5-6,8-9,20H,2-4,7H2,1H3,(H,21,24). The van der Waals surface area contributed by atoms with Gasteiger partial charge in [-0.3, -0.25) is 14.4 Å². The Morgan fingerprint density at radius 2 is 2.08 bits per heavy atom. The first kappa shape index (κ1) is 17.6. The van der Waals surface area contributed by atoms with Gasteiger partial charge in [0.2, 0.25) is 0 Å². The van der Waals surface area contributed by atoms with E-state index < -0.39 is 11.7 Å². The number of nitrogens with zero attached hydrogens (tertiary/aromatic N) is 1. The maximum absolute atomic E-state index is 14.2. The van der Waals surface area contributed by atoms with Crippen LogP contribution < -0.4 is 16.4 Å². The van der Waals surface area contributed by atoms with Crippen molar-refractivity contribution >= 4 is 33.2 Å². The van der Waals surface area contributed by atoms with Crippen LogP contribution in [0.1, 0.15) is 28.9 Å². The number of hydrogen-bond donors (Lipinski definition) is 2. The number of anilines is 2. The second-order valence-corrected chi connectivity index (χ2v) is 6.63. The van der Waals surface area contributed by atoms with Crippen LogP contribution in [0, 0.1) is 5.82 Å². The van der Waals surface area contributed by atoms with E-state index in [0.717, 1.165) is 12.8 Å². The van der Waals surface area contributed by atoms with E-state index in [1.54, 1.807) is 10.6 Å². The highest BCUT2D eigenvalue weighted by molar-refractivity contribution is 9.10. The quantitative estimate of drug-likeness (QED) is 0.760. The van der Waals surface area contributed by atoms with Gasteiger partial charge in [0, 0.05) is 22.8 Å². The number of carbonyl (C=O) groups excluding carboxylic acids is 1. The number of fused-ring (bicyclic) bond motifs is 1. The lowest BCUT2D eigenvalue weighted by Crippen LogP contribution is -2.33. The number of amides is 1. The lowest BCUT2D eigenvalue weighted by molar-refractivity contribution is 0.0536. The number of aromatic nitrogens is 1. The van der Waals surface area contributed by atoms with Crippen LogP contribution in [-0.4, -0.2) is 17.6 Å². The number of halogens is 2. The molecule has 0 saturated carbocycles. The summed E-state index contributed by atoms with van der Waals surface area (Å²) in [6.45, 7) is 0.564. The lowest BCUT2D eigenvalue weighted by Gasteiger charge is -2.23. The van der Waals surface area contributed by atoms with Gasteiger partial charge in [0.25, 0.3) is 11.5 Å². The fourth-order valence-corrected chi connectivity index (χ4v) is 3.33. The highest BCUT2D eigenvalue weighted by Crippen LogP contribution is 2.28. The van der Waals surface area contributed by atoms with Gasteiger partial charge < -0.3 is 9.88 Å². The predicted octanol–water partition coefficient (Wildman–Crippen LogP) is 3.12. The van der Waals surface area contributed by atoms with Crippen molar-refractivity contribution < 1.29 is 14.0 Å². The third-order valence-electron chi connectivity index (χ3n) is 4.09. The van der Waals surface area contributed by atoms with Gasteiger partial charge in [-0.1, -0.05) is 15.9 Å². The molecule has 0 fully saturated rings. The van der Waals surface area contributed by atoms with Gasteiger partial charge in [0.15, 0.2) is 0 Å². The zero-order valence-electron chi connectivity index (χ0n) is 13.6. The van der Waals surface area contributed by atoms with Gasteiger partial charge in [0.05, 0.1) is 24.0 Å². The van der Waals surface area contributed by atoms with Crippen LogP contribution in [0.4, 0.5) is 15.8 Å². The van der Waals surface area contributed by atoms with Gasteiger partial charge in [-0.2, -0.15) is 0 Å². The van der Waals surface area contributed by atoms with E-state index >= 15 is 0 Å². The van der Waals surface area contributed by atoms with Crippen LogP contribution in [-0.2, 0) is 17.8 Å². The van der Waals surface area contributed by atoms with Crippen molar-refractivity contribution in [2.45, 2.75) is 25.8 Å². The van der Waals surface area contributed by atoms with Gasteiger partial charge in [-0.05, 0) is 37.5 Å². The zero-order valence-corrected chi connectivity index (χ0v) is 15.2. The minimum Gasteiger partial charge on any atom is -0.352 e. The topological polar surface area (TPSA) is 72.4 Å². The first-order valence-corrected chi connectivity index (χ1v) is 8.62. The lowest BCUT2D eigenvalue weighted by atomic mass is 10.0. The molecule has 132 valence electrons. The maximum atomic E-state index is 14.2. The Labute approximate surface area is 152 Å². The van der Waals surface area contributed by atoms with Crippen molar-refractivity contribution in [3.05, 3.63) is 56.2 Å². The number of carbonyl (C=O) groups is 1. The largest absolute Gasteiger partial charge is 0.352 e. The van der Waals surface area contributed by atoms with Crippen molar-refractivity contribution in [2.24, 2.45) is 0 Å². The van der Waals surface area contributed by atoms with E-state index in [2.05, 4.69) is 26.7 Å². The Hall–Kier alpha value is -2.19. The molecule has 0 aliphatic carbocycles. The Bertz CT molecular complexity index is 882. The molecule has 1 amide bonds. The second kappa shape index (κ2) is 7.37. The molecule has 8 heteroatoms. The van der Waals surface area contributed by atoms with E-state index in [0.29, 0.717) is 28.7 Å². The molecule has 2 aromatic rings. The minimum atomic E-state index is -0.495. The van der Waals surface area contributed by atoms with E-state index in [4.69, 9.17) is 4.84 Å². The molecule has 0 bridgehead atoms. The smallest absolute Gasteiger partial charge is 0.278 e. The molecule has 1 aliphatic heterocycles. The fraction of sp³-hybridized carbons (Fsp3) is 0.294. The third-order valence-corrected chi connectivity index (χ3v) is 4.58. The summed E-state index contributed by atoms with van der Waals surface area (Å²) in [6, 6.07) is 5.84. The number of hydroxylamine groups is 1. The highest BCUT2D eigenvalue weighted by Gasteiger charge is 2.24. The Balaban J connectivity index is 2.12. The summed E-state index contributed by atoms with van der Waals surface area (Å²) in [7, 11) is 1.33. The average Bonchev–Trinajstić information content (AvgIpc) is 2.58.